The maximum Gasteiger partial charge on any atom is 0.263 e. The average Bonchev–Trinajstić information content (AvgIpc) is 3.19. The predicted octanol–water partition coefficient (Wildman–Crippen LogP) is 4.42. The molecule has 1 heterocycles. The van der Waals surface area contributed by atoms with Crippen molar-refractivity contribution < 1.29 is 9.59 Å². The molecular formula is C21H20N2O2S. The molecule has 1 amide bonds. The number of carbonyl (C=O) groups is 2. The molecule has 0 aliphatic heterocycles. The molecule has 0 aliphatic rings. The molecule has 26 heavy (non-hydrogen) atoms. The lowest BCUT2D eigenvalue weighted by molar-refractivity contribution is 0.0872. The van der Waals surface area contributed by atoms with Crippen molar-refractivity contribution in [3.05, 3.63) is 87.6 Å². The number of carbonyl (C=O) groups excluding carboxylic acids is 2. The van der Waals surface area contributed by atoms with E-state index in [0.717, 1.165) is 16.8 Å². The molecule has 2 N–H and O–H groups in total. The van der Waals surface area contributed by atoms with Gasteiger partial charge in [0.25, 0.3) is 5.91 Å². The van der Waals surface area contributed by atoms with Gasteiger partial charge in [0.1, 0.15) is 0 Å². The topological polar surface area (TPSA) is 58.2 Å². The van der Waals surface area contributed by atoms with Crippen molar-refractivity contribution in [2.75, 3.05) is 5.32 Å². The molecule has 0 unspecified atom stereocenters. The molecule has 2 aromatic carbocycles. The van der Waals surface area contributed by atoms with Crippen molar-refractivity contribution in [1.82, 2.24) is 5.32 Å². The summed E-state index contributed by atoms with van der Waals surface area (Å²) < 4.78 is 0. The number of ketones is 1. The molecule has 132 valence electrons. The second-order valence-electron chi connectivity index (χ2n) is 6.08. The number of aryl methyl sites for hydroxylation is 2. The zero-order valence-corrected chi connectivity index (χ0v) is 15.5. The second kappa shape index (κ2) is 7.97. The number of amides is 1. The molecule has 0 saturated heterocycles. The fraction of sp³-hybridized carbons (Fsp3) is 0.143. The van der Waals surface area contributed by atoms with E-state index < -0.39 is 6.17 Å². The number of nitrogens with one attached hydrogen (secondary N) is 2. The van der Waals surface area contributed by atoms with Crippen molar-refractivity contribution in [3.63, 3.8) is 0 Å². The molecule has 3 rings (SSSR count). The first kappa shape index (κ1) is 17.9. The van der Waals surface area contributed by atoms with Crippen LogP contribution in [-0.4, -0.2) is 17.9 Å². The standard InChI is InChI=1S/C21H20N2O2S/c1-14-10-11-15(2)17(13-14)22-20(19(24)16-7-4-3-5-8-16)23-21(25)18-9-6-12-26-18/h3-13,20,22H,1-2H3,(H,23,25)/t20-/m1/s1. The third-order valence-electron chi connectivity index (χ3n) is 4.03. The van der Waals surface area contributed by atoms with Crippen LogP contribution in [0, 0.1) is 13.8 Å². The Labute approximate surface area is 156 Å². The molecule has 3 aromatic rings. The normalized spacial score (nSPS) is 11.6. The zero-order valence-electron chi connectivity index (χ0n) is 14.7. The van der Waals surface area contributed by atoms with E-state index in [2.05, 4.69) is 10.6 Å². The number of hydrogen-bond acceptors (Lipinski definition) is 4. The van der Waals surface area contributed by atoms with Crippen molar-refractivity contribution in [2.24, 2.45) is 0 Å². The summed E-state index contributed by atoms with van der Waals surface area (Å²) in [6.07, 6.45) is -0.854. The summed E-state index contributed by atoms with van der Waals surface area (Å²) in [4.78, 5) is 26.0. The third kappa shape index (κ3) is 4.18. The van der Waals surface area contributed by atoms with Crippen LogP contribution in [-0.2, 0) is 0 Å². The number of rotatable bonds is 6. The SMILES string of the molecule is Cc1ccc(C)c(N[C@H](NC(=O)c2cccs2)C(=O)c2ccccc2)c1. The first-order valence-corrected chi connectivity index (χ1v) is 9.20. The zero-order chi connectivity index (χ0) is 18.5. The van der Waals surface area contributed by atoms with E-state index in [0.29, 0.717) is 10.4 Å². The van der Waals surface area contributed by atoms with Crippen LogP contribution in [0.2, 0.25) is 0 Å². The molecule has 0 fully saturated rings. The molecule has 4 nitrogen and oxygen atoms in total. The molecule has 0 spiro atoms. The lowest BCUT2D eigenvalue weighted by Crippen LogP contribution is -2.46. The van der Waals surface area contributed by atoms with Crippen molar-refractivity contribution in [2.45, 2.75) is 20.0 Å². The van der Waals surface area contributed by atoms with Crippen molar-refractivity contribution in [1.29, 1.82) is 0 Å². The summed E-state index contributed by atoms with van der Waals surface area (Å²) in [6.45, 7) is 3.95. The lowest BCUT2D eigenvalue weighted by Gasteiger charge is -2.21. The van der Waals surface area contributed by atoms with Gasteiger partial charge in [-0.3, -0.25) is 9.59 Å². The molecule has 1 atom stereocenters. The Bertz CT molecular complexity index is 905. The average molecular weight is 364 g/mol. The Kier molecular flexibility index (Phi) is 5.49. The van der Waals surface area contributed by atoms with Gasteiger partial charge < -0.3 is 10.6 Å². The van der Waals surface area contributed by atoms with E-state index in [4.69, 9.17) is 0 Å². The van der Waals surface area contributed by atoms with Gasteiger partial charge in [-0.05, 0) is 42.5 Å². The summed E-state index contributed by atoms with van der Waals surface area (Å²) in [5, 5.41) is 7.86. The van der Waals surface area contributed by atoms with Crippen molar-refractivity contribution in [3.8, 4) is 0 Å². The van der Waals surface area contributed by atoms with Gasteiger partial charge in [0.05, 0.1) is 4.88 Å². The summed E-state index contributed by atoms with van der Waals surface area (Å²) in [5.41, 5.74) is 3.45. The second-order valence-corrected chi connectivity index (χ2v) is 7.02. The van der Waals surface area contributed by atoms with Crippen LogP contribution >= 0.6 is 11.3 Å². The quantitative estimate of drug-likeness (QED) is 0.503. The van der Waals surface area contributed by atoms with Gasteiger partial charge in [0.2, 0.25) is 5.78 Å². The number of thiophene rings is 1. The Morgan fingerprint density at radius 2 is 1.73 bits per heavy atom. The fourth-order valence-electron chi connectivity index (χ4n) is 2.59. The fourth-order valence-corrected chi connectivity index (χ4v) is 3.22. The van der Waals surface area contributed by atoms with Gasteiger partial charge in [-0.25, -0.2) is 0 Å². The third-order valence-corrected chi connectivity index (χ3v) is 4.90. The van der Waals surface area contributed by atoms with E-state index in [1.165, 1.54) is 11.3 Å². The van der Waals surface area contributed by atoms with Gasteiger partial charge in [-0.1, -0.05) is 48.5 Å². The smallest absolute Gasteiger partial charge is 0.263 e. The Morgan fingerprint density at radius 1 is 0.962 bits per heavy atom. The van der Waals surface area contributed by atoms with E-state index in [9.17, 15) is 9.59 Å². The molecule has 0 saturated carbocycles. The van der Waals surface area contributed by atoms with E-state index in [1.54, 1.807) is 18.2 Å². The number of Topliss-reactive ketones (excluding diaryl/α,β-unsaturated/α-hetero) is 1. The molecule has 0 radical (unpaired) electrons. The molecule has 0 bridgehead atoms. The minimum Gasteiger partial charge on any atom is -0.359 e. The maximum atomic E-state index is 13.0. The summed E-state index contributed by atoms with van der Waals surface area (Å²) in [6, 6.07) is 18.5. The van der Waals surface area contributed by atoms with E-state index >= 15 is 0 Å². The summed E-state index contributed by atoms with van der Waals surface area (Å²) in [7, 11) is 0. The van der Waals surface area contributed by atoms with E-state index in [-0.39, 0.29) is 11.7 Å². The predicted molar refractivity (Wildman–Crippen MR) is 106 cm³/mol. The van der Waals surface area contributed by atoms with Gasteiger partial charge >= 0.3 is 0 Å². The summed E-state index contributed by atoms with van der Waals surface area (Å²) >= 11 is 1.34. The lowest BCUT2D eigenvalue weighted by atomic mass is 10.1. The van der Waals surface area contributed by atoms with E-state index in [1.807, 2.05) is 61.7 Å². The van der Waals surface area contributed by atoms with Crippen LogP contribution in [0.3, 0.4) is 0 Å². The highest BCUT2D eigenvalue weighted by molar-refractivity contribution is 7.12. The van der Waals surface area contributed by atoms with Gasteiger partial charge in [-0.2, -0.15) is 0 Å². The van der Waals surface area contributed by atoms with Crippen LogP contribution < -0.4 is 10.6 Å². The first-order valence-electron chi connectivity index (χ1n) is 8.32. The van der Waals surface area contributed by atoms with Gasteiger partial charge in [-0.15, -0.1) is 11.3 Å². The van der Waals surface area contributed by atoms with Crippen molar-refractivity contribution >= 4 is 28.7 Å². The first-order chi connectivity index (χ1) is 12.5. The Balaban J connectivity index is 1.89. The van der Waals surface area contributed by atoms with Crippen LogP contribution in [0.4, 0.5) is 5.69 Å². The number of anilines is 1. The van der Waals surface area contributed by atoms with Crippen LogP contribution in [0.15, 0.2) is 66.0 Å². The highest BCUT2D eigenvalue weighted by Gasteiger charge is 2.23. The number of hydrogen-bond donors (Lipinski definition) is 2. The van der Waals surface area contributed by atoms with Crippen LogP contribution in [0.5, 0.6) is 0 Å². The minimum atomic E-state index is -0.854. The number of benzene rings is 2. The van der Waals surface area contributed by atoms with Crippen LogP contribution in [0.1, 0.15) is 31.2 Å². The largest absolute Gasteiger partial charge is 0.359 e. The Morgan fingerprint density at radius 3 is 2.42 bits per heavy atom. The Hall–Kier alpha value is -2.92. The molecule has 1 aromatic heterocycles. The monoisotopic (exact) mass is 364 g/mol. The minimum absolute atomic E-state index is 0.184. The maximum absolute atomic E-state index is 13.0. The van der Waals surface area contributed by atoms with Crippen LogP contribution in [0.25, 0.3) is 0 Å². The molecule has 5 heteroatoms. The van der Waals surface area contributed by atoms with Gasteiger partial charge in [0.15, 0.2) is 6.17 Å². The highest BCUT2D eigenvalue weighted by atomic mass is 32.1. The molecular weight excluding hydrogens is 344 g/mol. The molecule has 0 aliphatic carbocycles. The highest BCUT2D eigenvalue weighted by Crippen LogP contribution is 2.18. The summed E-state index contributed by atoms with van der Waals surface area (Å²) in [5.74, 6) is -0.455. The van der Waals surface area contributed by atoms with Gasteiger partial charge in [0, 0.05) is 11.3 Å².